The quantitative estimate of drug-likeness (QED) is 0.463. The molecule has 3 rings (SSSR count). The van der Waals surface area contributed by atoms with Crippen LogP contribution in [0.5, 0.6) is 0 Å². The average Bonchev–Trinajstić information content (AvgIpc) is 2.89. The van der Waals surface area contributed by atoms with E-state index in [9.17, 15) is 0 Å². The molecule has 1 atom stereocenters. The monoisotopic (exact) mass is 400 g/mol. The number of alkyl halides is 1. The van der Waals surface area contributed by atoms with Gasteiger partial charge in [-0.15, -0.1) is 15.3 Å². The molecule has 1 unspecified atom stereocenters. The number of guanidine groups is 1. The molecule has 1 aliphatic rings. The second kappa shape index (κ2) is 8.11. The molecule has 130 valence electrons. The zero-order chi connectivity index (χ0) is 17.6. The van der Waals surface area contributed by atoms with Crippen LogP contribution < -0.4 is 5.32 Å². The van der Waals surface area contributed by atoms with Crippen LogP contribution in [0.1, 0.15) is 5.56 Å². The van der Waals surface area contributed by atoms with E-state index in [1.807, 2.05) is 49.3 Å². The predicted molar refractivity (Wildman–Crippen MR) is 105 cm³/mol. The first-order valence-corrected chi connectivity index (χ1v) is 9.03. The van der Waals surface area contributed by atoms with E-state index in [2.05, 4.69) is 60.8 Å². The molecular formula is C18H21BrN6. The van der Waals surface area contributed by atoms with Gasteiger partial charge >= 0.3 is 0 Å². The van der Waals surface area contributed by atoms with Crippen molar-refractivity contribution in [2.24, 2.45) is 15.3 Å². The maximum atomic E-state index is 4.31. The lowest BCUT2D eigenvalue weighted by Crippen LogP contribution is -2.31. The van der Waals surface area contributed by atoms with Crippen LogP contribution in [0.25, 0.3) is 0 Å². The molecule has 0 aliphatic carbocycles. The average molecular weight is 401 g/mol. The lowest BCUT2D eigenvalue weighted by molar-refractivity contribution is 0.274. The van der Waals surface area contributed by atoms with Crippen molar-refractivity contribution in [1.82, 2.24) is 9.91 Å². The fraction of sp³-hybridized carbons (Fsp3) is 0.278. The Morgan fingerprint density at radius 1 is 1.04 bits per heavy atom. The minimum absolute atomic E-state index is 0.0117. The topological polar surface area (TPSA) is 55.6 Å². The fourth-order valence-electron chi connectivity index (χ4n) is 2.44. The van der Waals surface area contributed by atoms with Crippen LogP contribution in [0.15, 0.2) is 69.9 Å². The second-order valence-corrected chi connectivity index (χ2v) is 6.62. The van der Waals surface area contributed by atoms with Gasteiger partial charge in [0.2, 0.25) is 0 Å². The summed E-state index contributed by atoms with van der Waals surface area (Å²) in [5.74, 6) is 0.578. The zero-order valence-corrected chi connectivity index (χ0v) is 15.9. The molecule has 6 nitrogen and oxygen atoms in total. The standard InChI is InChI=1S/C18H21BrN6/c1-24-17(19)25(2)23-18(24)22-21-16-10-8-15(9-11-16)20-13-12-14-6-4-3-5-7-14/h3-11,17,20H,12-13H2,1-2H3. The molecule has 0 bridgehead atoms. The molecule has 7 heteroatoms. The van der Waals surface area contributed by atoms with Crippen molar-refractivity contribution in [3.05, 3.63) is 60.2 Å². The van der Waals surface area contributed by atoms with Crippen LogP contribution in [0.4, 0.5) is 11.4 Å². The molecule has 1 aliphatic heterocycles. The van der Waals surface area contributed by atoms with Crippen molar-refractivity contribution in [2.75, 3.05) is 26.0 Å². The molecule has 2 aromatic rings. The van der Waals surface area contributed by atoms with E-state index in [1.54, 1.807) is 5.01 Å². The Kier molecular flexibility index (Phi) is 5.65. The minimum atomic E-state index is 0.0117. The van der Waals surface area contributed by atoms with Crippen molar-refractivity contribution >= 4 is 33.3 Å². The number of hydrogen-bond donors (Lipinski definition) is 1. The molecule has 0 aromatic heterocycles. The Bertz CT molecular complexity index is 744. The van der Waals surface area contributed by atoms with E-state index in [-0.39, 0.29) is 5.08 Å². The minimum Gasteiger partial charge on any atom is -0.385 e. The van der Waals surface area contributed by atoms with Gasteiger partial charge in [-0.2, -0.15) is 0 Å². The van der Waals surface area contributed by atoms with Crippen LogP contribution in [-0.2, 0) is 6.42 Å². The molecule has 0 radical (unpaired) electrons. The third kappa shape index (κ3) is 4.57. The molecule has 0 saturated carbocycles. The Balaban J connectivity index is 1.52. The highest BCUT2D eigenvalue weighted by molar-refractivity contribution is 9.09. The smallest absolute Gasteiger partial charge is 0.264 e. The number of anilines is 1. The van der Waals surface area contributed by atoms with E-state index in [0.29, 0.717) is 5.96 Å². The summed E-state index contributed by atoms with van der Waals surface area (Å²) in [7, 11) is 3.80. The summed E-state index contributed by atoms with van der Waals surface area (Å²) in [6, 6.07) is 18.4. The van der Waals surface area contributed by atoms with Gasteiger partial charge in [0.15, 0.2) is 5.08 Å². The van der Waals surface area contributed by atoms with E-state index in [1.165, 1.54) is 5.56 Å². The number of benzene rings is 2. The molecule has 0 saturated heterocycles. The van der Waals surface area contributed by atoms with Gasteiger partial charge in [-0.3, -0.25) is 5.01 Å². The number of nitrogens with zero attached hydrogens (tertiary/aromatic N) is 5. The number of hydrogen-bond acceptors (Lipinski definition) is 6. The highest BCUT2D eigenvalue weighted by atomic mass is 79.9. The van der Waals surface area contributed by atoms with Gasteiger partial charge in [-0.1, -0.05) is 30.3 Å². The second-order valence-electron chi connectivity index (χ2n) is 5.80. The SMILES string of the molecule is CN1N=C(N=Nc2ccc(NCCc3ccccc3)cc2)N(C)C1Br. The van der Waals surface area contributed by atoms with E-state index >= 15 is 0 Å². The van der Waals surface area contributed by atoms with Gasteiger partial charge in [-0.25, -0.2) is 0 Å². The summed E-state index contributed by atoms with van der Waals surface area (Å²) >= 11 is 3.51. The first-order chi connectivity index (χ1) is 12.1. The highest BCUT2D eigenvalue weighted by Gasteiger charge is 2.26. The Labute approximate surface area is 156 Å². The van der Waals surface area contributed by atoms with Gasteiger partial charge in [0.25, 0.3) is 5.96 Å². The third-order valence-electron chi connectivity index (χ3n) is 3.90. The summed E-state index contributed by atoms with van der Waals surface area (Å²) in [5, 5.41) is 18.0. The highest BCUT2D eigenvalue weighted by Crippen LogP contribution is 2.21. The van der Waals surface area contributed by atoms with Gasteiger partial charge in [0.1, 0.15) is 0 Å². The van der Waals surface area contributed by atoms with Gasteiger partial charge < -0.3 is 10.2 Å². The molecule has 2 aromatic carbocycles. The summed E-state index contributed by atoms with van der Waals surface area (Å²) in [5.41, 5.74) is 3.20. The lowest BCUT2D eigenvalue weighted by Gasteiger charge is -2.18. The number of halogens is 1. The van der Waals surface area contributed by atoms with Gasteiger partial charge in [0, 0.05) is 26.3 Å². The first kappa shape index (κ1) is 17.4. The molecule has 25 heavy (non-hydrogen) atoms. The van der Waals surface area contributed by atoms with Crippen molar-refractivity contribution in [1.29, 1.82) is 0 Å². The van der Waals surface area contributed by atoms with Crippen molar-refractivity contribution in [2.45, 2.75) is 11.5 Å². The predicted octanol–water partition coefficient (Wildman–Crippen LogP) is 4.25. The van der Waals surface area contributed by atoms with Crippen LogP contribution in [0.2, 0.25) is 0 Å². The maximum Gasteiger partial charge on any atom is 0.264 e. The van der Waals surface area contributed by atoms with Crippen molar-refractivity contribution < 1.29 is 0 Å². The van der Waals surface area contributed by atoms with Crippen LogP contribution in [0.3, 0.4) is 0 Å². The first-order valence-electron chi connectivity index (χ1n) is 8.11. The van der Waals surface area contributed by atoms with Crippen molar-refractivity contribution in [3.63, 3.8) is 0 Å². The number of nitrogens with one attached hydrogen (secondary N) is 1. The third-order valence-corrected chi connectivity index (χ3v) is 5.11. The molecule has 1 N–H and O–H groups in total. The Hall–Kier alpha value is -2.41. The van der Waals surface area contributed by atoms with E-state index in [0.717, 1.165) is 24.3 Å². The van der Waals surface area contributed by atoms with Gasteiger partial charge in [-0.05, 0) is 52.2 Å². The van der Waals surface area contributed by atoms with Gasteiger partial charge in [0.05, 0.1) is 5.69 Å². The van der Waals surface area contributed by atoms with Crippen LogP contribution in [0, 0.1) is 0 Å². The van der Waals surface area contributed by atoms with E-state index in [4.69, 9.17) is 0 Å². The fourth-order valence-corrected chi connectivity index (χ4v) is 2.71. The normalized spacial score (nSPS) is 17.2. The summed E-state index contributed by atoms with van der Waals surface area (Å²) in [6.07, 6.45) is 0.996. The lowest BCUT2D eigenvalue weighted by atomic mass is 10.1. The van der Waals surface area contributed by atoms with Crippen LogP contribution in [-0.4, -0.2) is 41.6 Å². The zero-order valence-electron chi connectivity index (χ0n) is 14.3. The molecular weight excluding hydrogens is 380 g/mol. The Morgan fingerprint density at radius 2 is 1.76 bits per heavy atom. The van der Waals surface area contributed by atoms with Crippen LogP contribution >= 0.6 is 15.9 Å². The number of azo groups is 1. The molecule has 0 fully saturated rings. The number of hydrazone groups is 1. The molecule has 1 heterocycles. The summed E-state index contributed by atoms with van der Waals surface area (Å²) < 4.78 is 0. The molecule has 0 spiro atoms. The largest absolute Gasteiger partial charge is 0.385 e. The van der Waals surface area contributed by atoms with Crippen molar-refractivity contribution in [3.8, 4) is 0 Å². The molecule has 0 amide bonds. The summed E-state index contributed by atoms with van der Waals surface area (Å²) in [6.45, 7) is 0.894. The Morgan fingerprint density at radius 3 is 2.40 bits per heavy atom. The number of rotatable bonds is 5. The summed E-state index contributed by atoms with van der Waals surface area (Å²) in [4.78, 5) is 1.91. The maximum absolute atomic E-state index is 4.31. The van der Waals surface area contributed by atoms with E-state index < -0.39 is 0 Å².